The topological polar surface area (TPSA) is 39.6 Å². The number of aliphatic hydroxyl groups excluding tert-OH is 1. The maximum atomic E-state index is 10.1. The average Bonchev–Trinajstić information content (AvgIpc) is 3.15. The lowest BCUT2D eigenvalue weighted by Gasteiger charge is -2.30. The Morgan fingerprint density at radius 1 is 1.13 bits per heavy atom. The van der Waals surface area contributed by atoms with Crippen molar-refractivity contribution in [3.63, 3.8) is 0 Å². The first kappa shape index (κ1) is 13.1. The Morgan fingerprint density at radius 2 is 2.00 bits per heavy atom. The Kier molecular flexibility index (Phi) is 2.74. The number of fused-ring (bicyclic) bond motifs is 4. The van der Waals surface area contributed by atoms with Crippen molar-refractivity contribution in [2.24, 2.45) is 0 Å². The van der Waals surface area contributed by atoms with E-state index in [2.05, 4.69) is 57.2 Å². The first-order valence-corrected chi connectivity index (χ1v) is 8.59. The highest BCUT2D eigenvalue weighted by atomic mass is 32.1. The zero-order valence-corrected chi connectivity index (χ0v) is 13.2. The zero-order chi connectivity index (χ0) is 15.4. The van der Waals surface area contributed by atoms with Crippen LogP contribution in [0.5, 0.6) is 0 Å². The summed E-state index contributed by atoms with van der Waals surface area (Å²) in [5.74, 6) is 1.05. The molecule has 2 aliphatic rings. The van der Waals surface area contributed by atoms with Gasteiger partial charge < -0.3 is 10.0 Å². The van der Waals surface area contributed by atoms with Gasteiger partial charge in [-0.3, -0.25) is 4.90 Å². The van der Waals surface area contributed by atoms with E-state index in [9.17, 15) is 5.11 Å². The molecule has 0 bridgehead atoms. The number of rotatable bonds is 1. The lowest BCUT2D eigenvalue weighted by Crippen LogP contribution is -2.33. The van der Waals surface area contributed by atoms with Gasteiger partial charge in [0.1, 0.15) is 5.82 Å². The first-order valence-electron chi connectivity index (χ1n) is 7.71. The highest BCUT2D eigenvalue weighted by molar-refractivity contribution is 7.16. The molecule has 0 spiro atoms. The number of aromatic nitrogens is 1. The predicted octanol–water partition coefficient (Wildman–Crippen LogP) is 3.86. The molecule has 0 saturated carbocycles. The van der Waals surface area contributed by atoms with E-state index < -0.39 is 0 Å². The van der Waals surface area contributed by atoms with Crippen molar-refractivity contribution in [1.29, 1.82) is 0 Å². The molecule has 0 fully saturated rings. The number of para-hydroxylation sites is 2. The molecular formula is C18H15N3OS. The number of aliphatic hydroxyl groups is 1. The number of nitrogens with zero attached hydrogens (tertiary/aromatic N) is 3. The Bertz CT molecular complexity index is 933. The summed E-state index contributed by atoms with van der Waals surface area (Å²) in [6.07, 6.45) is 2.34. The van der Waals surface area contributed by atoms with Crippen LogP contribution in [0.25, 0.3) is 10.2 Å². The molecule has 0 amide bonds. The van der Waals surface area contributed by atoms with Crippen LogP contribution in [0.2, 0.25) is 0 Å². The van der Waals surface area contributed by atoms with Gasteiger partial charge in [0.25, 0.3) is 0 Å². The van der Waals surface area contributed by atoms with E-state index in [-0.39, 0.29) is 6.10 Å². The average molecular weight is 321 g/mol. The summed E-state index contributed by atoms with van der Waals surface area (Å²) in [5.41, 5.74) is 6.38. The van der Waals surface area contributed by atoms with Gasteiger partial charge in [0, 0.05) is 12.2 Å². The van der Waals surface area contributed by atoms with Crippen LogP contribution < -0.4 is 9.80 Å². The third-order valence-electron chi connectivity index (χ3n) is 4.48. The minimum Gasteiger partial charge on any atom is -0.389 e. The minimum absolute atomic E-state index is 0.384. The van der Waals surface area contributed by atoms with Gasteiger partial charge in [-0.15, -0.1) is 11.3 Å². The molecule has 1 atom stereocenters. The molecule has 23 heavy (non-hydrogen) atoms. The largest absolute Gasteiger partial charge is 0.389 e. The van der Waals surface area contributed by atoms with E-state index in [4.69, 9.17) is 0 Å². The van der Waals surface area contributed by atoms with Crippen molar-refractivity contribution < 1.29 is 5.11 Å². The standard InChI is InChI=1S/C18H15N3OS/c22-13-7-8-20-15-3-1-2-4-16(15)21(18(20)10-13)12-5-6-14-17(9-12)23-11-19-14/h1-6,9-11,13,22H,7-8H2. The zero-order valence-electron chi connectivity index (χ0n) is 12.4. The molecule has 114 valence electrons. The summed E-state index contributed by atoms with van der Waals surface area (Å²) in [6, 6.07) is 14.7. The molecule has 1 aromatic heterocycles. The van der Waals surface area contributed by atoms with Crippen molar-refractivity contribution in [1.82, 2.24) is 4.98 Å². The van der Waals surface area contributed by atoms with Crippen molar-refractivity contribution in [3.05, 3.63) is 59.9 Å². The van der Waals surface area contributed by atoms with E-state index in [0.717, 1.165) is 35.7 Å². The van der Waals surface area contributed by atoms with Crippen molar-refractivity contribution in [2.75, 3.05) is 16.3 Å². The number of hydrogen-bond acceptors (Lipinski definition) is 5. The van der Waals surface area contributed by atoms with E-state index in [1.807, 2.05) is 11.6 Å². The first-order chi connectivity index (χ1) is 11.3. The fourth-order valence-corrected chi connectivity index (χ4v) is 4.13. The van der Waals surface area contributed by atoms with E-state index >= 15 is 0 Å². The van der Waals surface area contributed by atoms with Crippen LogP contribution in [0.4, 0.5) is 17.1 Å². The van der Waals surface area contributed by atoms with Crippen LogP contribution in [-0.2, 0) is 0 Å². The second-order valence-electron chi connectivity index (χ2n) is 5.86. The molecule has 2 aliphatic heterocycles. The fraction of sp³-hybridized carbons (Fsp3) is 0.167. The molecule has 0 aliphatic carbocycles. The van der Waals surface area contributed by atoms with Crippen molar-refractivity contribution in [2.45, 2.75) is 12.5 Å². The third kappa shape index (κ3) is 1.90. The normalized spacial score (nSPS) is 19.7. The molecule has 1 N–H and O–H groups in total. The molecule has 5 heteroatoms. The van der Waals surface area contributed by atoms with Crippen LogP contribution in [0.1, 0.15) is 6.42 Å². The Labute approximate surface area is 137 Å². The third-order valence-corrected chi connectivity index (χ3v) is 5.27. The van der Waals surface area contributed by atoms with E-state index in [0.29, 0.717) is 0 Å². The summed E-state index contributed by atoms with van der Waals surface area (Å²) < 4.78 is 1.18. The quantitative estimate of drug-likeness (QED) is 0.739. The molecule has 0 saturated heterocycles. The molecule has 3 aromatic rings. The van der Waals surface area contributed by atoms with Gasteiger partial charge in [-0.25, -0.2) is 4.98 Å². The fourth-order valence-electron chi connectivity index (χ4n) is 3.42. The summed E-state index contributed by atoms with van der Waals surface area (Å²) in [4.78, 5) is 8.88. The van der Waals surface area contributed by atoms with E-state index in [1.54, 1.807) is 11.3 Å². The SMILES string of the molecule is OC1C=C2N(CC1)c1ccccc1N2c1ccc2ncsc2c1. The predicted molar refractivity (Wildman–Crippen MR) is 94.3 cm³/mol. The smallest absolute Gasteiger partial charge is 0.116 e. The van der Waals surface area contributed by atoms with Crippen molar-refractivity contribution >= 4 is 38.6 Å². The molecule has 3 heterocycles. The summed E-state index contributed by atoms with van der Waals surface area (Å²) >= 11 is 1.65. The summed E-state index contributed by atoms with van der Waals surface area (Å²) in [6.45, 7) is 0.837. The minimum atomic E-state index is -0.384. The number of thiazole rings is 1. The van der Waals surface area contributed by atoms with Gasteiger partial charge in [0.15, 0.2) is 0 Å². The van der Waals surface area contributed by atoms with Gasteiger partial charge in [0.05, 0.1) is 33.2 Å². The van der Waals surface area contributed by atoms with Crippen molar-refractivity contribution in [3.8, 4) is 0 Å². The summed E-state index contributed by atoms with van der Waals surface area (Å²) in [7, 11) is 0. The highest BCUT2D eigenvalue weighted by Crippen LogP contribution is 2.47. The van der Waals surface area contributed by atoms with Gasteiger partial charge in [-0.2, -0.15) is 0 Å². The van der Waals surface area contributed by atoms with E-state index in [1.165, 1.54) is 10.4 Å². The molecule has 2 aromatic carbocycles. The van der Waals surface area contributed by atoms with Crippen LogP contribution in [0.15, 0.2) is 59.9 Å². The van der Waals surface area contributed by atoms with Gasteiger partial charge >= 0.3 is 0 Å². The molecule has 5 rings (SSSR count). The maximum absolute atomic E-state index is 10.1. The summed E-state index contributed by atoms with van der Waals surface area (Å²) in [5, 5.41) is 10.1. The molecular weight excluding hydrogens is 306 g/mol. The van der Waals surface area contributed by atoms with Crippen LogP contribution in [0, 0.1) is 0 Å². The molecule has 0 radical (unpaired) electrons. The Hall–Kier alpha value is -2.37. The van der Waals surface area contributed by atoms with Crippen LogP contribution in [-0.4, -0.2) is 22.7 Å². The van der Waals surface area contributed by atoms with Gasteiger partial charge in [0.2, 0.25) is 0 Å². The second-order valence-corrected chi connectivity index (χ2v) is 6.75. The monoisotopic (exact) mass is 321 g/mol. The lowest BCUT2D eigenvalue weighted by atomic mass is 10.1. The van der Waals surface area contributed by atoms with Gasteiger partial charge in [-0.05, 0) is 42.8 Å². The van der Waals surface area contributed by atoms with Crippen LogP contribution in [0.3, 0.4) is 0 Å². The maximum Gasteiger partial charge on any atom is 0.116 e. The molecule has 4 nitrogen and oxygen atoms in total. The number of anilines is 3. The van der Waals surface area contributed by atoms with Gasteiger partial charge in [-0.1, -0.05) is 12.1 Å². The Balaban J connectivity index is 1.73. The Morgan fingerprint density at radius 3 is 2.91 bits per heavy atom. The number of hydrogen-bond donors (Lipinski definition) is 1. The molecule has 1 unspecified atom stereocenters. The highest BCUT2D eigenvalue weighted by Gasteiger charge is 2.34. The number of benzene rings is 2. The second kappa shape index (κ2) is 4.81. The lowest BCUT2D eigenvalue weighted by molar-refractivity contribution is 0.209. The van der Waals surface area contributed by atoms with Crippen LogP contribution >= 0.6 is 11.3 Å².